The molecule has 48 heavy (non-hydrogen) atoms. The predicted octanol–water partition coefficient (Wildman–Crippen LogP) is 5.22. The number of nitrogens with one attached hydrogen (secondary N) is 1. The maximum Gasteiger partial charge on any atom is 0.410 e. The Morgan fingerprint density at radius 3 is 2.73 bits per heavy atom. The summed E-state index contributed by atoms with van der Waals surface area (Å²) in [6.45, 7) is 9.13. The predicted molar refractivity (Wildman–Crippen MR) is 188 cm³/mol. The van der Waals surface area contributed by atoms with Gasteiger partial charge in [-0.3, -0.25) is 9.59 Å². The van der Waals surface area contributed by atoms with Crippen molar-refractivity contribution in [2.45, 2.75) is 107 Å². The lowest BCUT2D eigenvalue weighted by Gasteiger charge is -2.39. The molecule has 0 bridgehead atoms. The van der Waals surface area contributed by atoms with E-state index in [-0.39, 0.29) is 60.2 Å². The third kappa shape index (κ3) is 12.6. The first kappa shape index (κ1) is 38.0. The number of hydrogen-bond donors (Lipinski definition) is 2. The number of nitrogens with two attached hydrogens (primary N) is 1. The van der Waals surface area contributed by atoms with Gasteiger partial charge in [-0.2, -0.15) is 0 Å². The Morgan fingerprint density at radius 1 is 1.23 bits per heavy atom. The van der Waals surface area contributed by atoms with Crippen molar-refractivity contribution >= 4 is 39.5 Å². The number of nitrogens with zero attached hydrogens (tertiary/aromatic N) is 2. The van der Waals surface area contributed by atoms with Crippen molar-refractivity contribution in [3.63, 3.8) is 0 Å². The standard InChI is InChI=1S/C35H50N4O7S2/c1-23(9-12-27-20-35(22-43-35)21-28(46-27)19-31(36)40)10-13-30-24(2)18-29(26(4)45-30)38-32(41)14-11-25(3)44-34(42)39(5)16-17-47-48-33-8-6-7-15-37-33/h6-12,14-15,24-30H,13,16-22H2,1-5H3,(H2,36,40)(H,38,41)/b12-9+,14-11?,23-10+/t24-,25?,26+,27+,28+,29+,30-,35+/m0/s1. The molecule has 1 aromatic heterocycles. The summed E-state index contributed by atoms with van der Waals surface area (Å²) in [5, 5.41) is 3.98. The summed E-state index contributed by atoms with van der Waals surface area (Å²) < 4.78 is 23.6. The molecule has 0 aromatic carbocycles. The lowest BCUT2D eigenvalue weighted by molar-refractivity contribution is -0.125. The SMILES string of the molecule is CC(/C=C/[C@@H]1C[C@]2(CO2)C[C@@H](CC(N)=O)O1)=C\C[C@@H]1O[C@H](C)[C@H](NC(=O)C=CC(C)OC(=O)N(C)CCSSc2ccccn2)C[C@@H]1C. The van der Waals surface area contributed by atoms with Crippen LogP contribution in [0.15, 0.2) is 65.4 Å². The van der Waals surface area contributed by atoms with Crippen molar-refractivity contribution in [2.75, 3.05) is 26.0 Å². The summed E-state index contributed by atoms with van der Waals surface area (Å²) >= 11 is 0. The van der Waals surface area contributed by atoms with Crippen LogP contribution >= 0.6 is 21.6 Å². The summed E-state index contributed by atoms with van der Waals surface area (Å²) in [6, 6.07) is 5.63. The number of amides is 3. The Morgan fingerprint density at radius 2 is 2.02 bits per heavy atom. The van der Waals surface area contributed by atoms with E-state index in [1.807, 2.05) is 31.2 Å². The van der Waals surface area contributed by atoms with Crippen LogP contribution in [0.3, 0.4) is 0 Å². The van der Waals surface area contributed by atoms with Crippen molar-refractivity contribution in [3.8, 4) is 0 Å². The first-order chi connectivity index (χ1) is 22.9. The molecule has 264 valence electrons. The summed E-state index contributed by atoms with van der Waals surface area (Å²) in [7, 11) is 4.88. The lowest BCUT2D eigenvalue weighted by Crippen LogP contribution is -2.50. The zero-order valence-electron chi connectivity index (χ0n) is 28.5. The van der Waals surface area contributed by atoms with E-state index in [1.54, 1.807) is 47.8 Å². The highest BCUT2D eigenvalue weighted by Crippen LogP contribution is 2.43. The van der Waals surface area contributed by atoms with Gasteiger partial charge in [-0.1, -0.05) is 47.6 Å². The van der Waals surface area contributed by atoms with Gasteiger partial charge in [-0.05, 0) is 68.5 Å². The molecule has 1 aromatic rings. The maximum absolute atomic E-state index is 12.7. The van der Waals surface area contributed by atoms with E-state index >= 15 is 0 Å². The molecule has 11 nitrogen and oxygen atoms in total. The van der Waals surface area contributed by atoms with Crippen molar-refractivity contribution in [1.29, 1.82) is 0 Å². The molecule has 3 aliphatic rings. The largest absolute Gasteiger partial charge is 0.442 e. The maximum atomic E-state index is 12.7. The number of rotatable bonds is 15. The molecule has 3 fully saturated rings. The van der Waals surface area contributed by atoms with Crippen LogP contribution in [-0.4, -0.2) is 95.9 Å². The quantitative estimate of drug-likeness (QED) is 0.0821. The Labute approximate surface area is 292 Å². The minimum absolute atomic E-state index is 0.0319. The number of aromatic nitrogens is 1. The minimum Gasteiger partial charge on any atom is -0.442 e. The fraction of sp³-hybridized carbons (Fsp3) is 0.600. The Hall–Kier alpha value is -2.84. The topological polar surface area (TPSA) is 146 Å². The van der Waals surface area contributed by atoms with E-state index in [0.717, 1.165) is 35.6 Å². The lowest BCUT2D eigenvalue weighted by atomic mass is 9.88. The number of carbonyl (C=O) groups excluding carboxylic acids is 3. The molecule has 3 amide bonds. The van der Waals surface area contributed by atoms with E-state index in [1.165, 1.54) is 11.0 Å². The first-order valence-electron chi connectivity index (χ1n) is 16.6. The highest BCUT2D eigenvalue weighted by Gasteiger charge is 2.51. The van der Waals surface area contributed by atoms with Crippen LogP contribution in [0.5, 0.6) is 0 Å². The second-order valence-electron chi connectivity index (χ2n) is 13.0. The Balaban J connectivity index is 1.14. The van der Waals surface area contributed by atoms with Gasteiger partial charge in [0.25, 0.3) is 0 Å². The van der Waals surface area contributed by atoms with Crippen LogP contribution in [0.25, 0.3) is 0 Å². The van der Waals surface area contributed by atoms with E-state index in [9.17, 15) is 14.4 Å². The molecule has 13 heteroatoms. The zero-order valence-corrected chi connectivity index (χ0v) is 30.2. The zero-order chi connectivity index (χ0) is 34.7. The van der Waals surface area contributed by atoms with Gasteiger partial charge in [0.1, 0.15) is 11.1 Å². The van der Waals surface area contributed by atoms with Crippen LogP contribution in [0, 0.1) is 5.92 Å². The molecular formula is C35H50N4O7S2. The second kappa shape index (κ2) is 18.2. The molecule has 0 radical (unpaired) electrons. The number of epoxide rings is 1. The average molecular weight is 703 g/mol. The van der Waals surface area contributed by atoms with Gasteiger partial charge in [-0.15, -0.1) is 0 Å². The molecule has 1 spiro atoms. The smallest absolute Gasteiger partial charge is 0.410 e. The van der Waals surface area contributed by atoms with Crippen molar-refractivity contribution in [3.05, 3.63) is 60.3 Å². The van der Waals surface area contributed by atoms with Crippen molar-refractivity contribution in [1.82, 2.24) is 15.2 Å². The molecule has 3 N–H and O–H groups in total. The minimum atomic E-state index is -0.557. The molecule has 4 rings (SSSR count). The number of carbonyl (C=O) groups is 3. The van der Waals surface area contributed by atoms with Gasteiger partial charge in [0.2, 0.25) is 11.8 Å². The monoisotopic (exact) mass is 702 g/mol. The number of hydrogen-bond acceptors (Lipinski definition) is 10. The highest BCUT2D eigenvalue weighted by molar-refractivity contribution is 8.76. The van der Waals surface area contributed by atoms with Crippen LogP contribution in [0.1, 0.15) is 59.8 Å². The summed E-state index contributed by atoms with van der Waals surface area (Å²) in [6.07, 6.45) is 12.8. The molecular weight excluding hydrogens is 653 g/mol. The van der Waals surface area contributed by atoms with Crippen LogP contribution in [-0.2, 0) is 28.5 Å². The Bertz CT molecular complexity index is 1320. The molecule has 3 saturated heterocycles. The fourth-order valence-corrected chi connectivity index (χ4v) is 7.77. The van der Waals surface area contributed by atoms with Gasteiger partial charge in [0, 0.05) is 44.5 Å². The van der Waals surface area contributed by atoms with Crippen LogP contribution in [0.2, 0.25) is 0 Å². The molecule has 0 saturated carbocycles. The summed E-state index contributed by atoms with van der Waals surface area (Å²) in [5.74, 6) is 0.353. The van der Waals surface area contributed by atoms with Gasteiger partial charge >= 0.3 is 6.09 Å². The first-order valence-corrected chi connectivity index (χ1v) is 18.9. The number of pyridine rings is 1. The molecule has 4 heterocycles. The number of primary amides is 1. The number of ether oxygens (including phenoxy) is 4. The van der Waals surface area contributed by atoms with Gasteiger partial charge < -0.3 is 34.9 Å². The normalized spacial score (nSPS) is 29.6. The fourth-order valence-electron chi connectivity index (χ4n) is 5.85. The van der Waals surface area contributed by atoms with Gasteiger partial charge in [0.05, 0.1) is 49.1 Å². The second-order valence-corrected chi connectivity index (χ2v) is 15.5. The number of allylic oxidation sites excluding steroid dienone is 2. The van der Waals surface area contributed by atoms with Crippen molar-refractivity contribution in [2.24, 2.45) is 11.7 Å². The van der Waals surface area contributed by atoms with E-state index < -0.39 is 12.2 Å². The summed E-state index contributed by atoms with van der Waals surface area (Å²) in [4.78, 5) is 42.4. The van der Waals surface area contributed by atoms with E-state index in [0.29, 0.717) is 19.6 Å². The van der Waals surface area contributed by atoms with Gasteiger partial charge in [0.15, 0.2) is 0 Å². The molecule has 8 atom stereocenters. The van der Waals surface area contributed by atoms with Gasteiger partial charge in [-0.25, -0.2) is 9.78 Å². The average Bonchev–Trinajstić information content (AvgIpc) is 3.79. The third-order valence-corrected chi connectivity index (χ3v) is 11.0. The van der Waals surface area contributed by atoms with Crippen LogP contribution in [0.4, 0.5) is 4.79 Å². The Kier molecular flexibility index (Phi) is 14.4. The third-order valence-electron chi connectivity index (χ3n) is 8.72. The van der Waals surface area contributed by atoms with Crippen LogP contribution < -0.4 is 11.1 Å². The molecule has 1 unspecified atom stereocenters. The molecule has 0 aliphatic carbocycles. The van der Waals surface area contributed by atoms with E-state index in [2.05, 4.69) is 36.3 Å². The van der Waals surface area contributed by atoms with Crippen molar-refractivity contribution < 1.29 is 33.3 Å². The molecule has 3 aliphatic heterocycles. The summed E-state index contributed by atoms with van der Waals surface area (Å²) in [5.41, 5.74) is 6.33. The highest BCUT2D eigenvalue weighted by atomic mass is 33.1. The van der Waals surface area contributed by atoms with E-state index in [4.69, 9.17) is 24.7 Å².